The predicted octanol–water partition coefficient (Wildman–Crippen LogP) is 1.83. The molecule has 1 unspecified atom stereocenters. The molecule has 0 saturated carbocycles. The fourth-order valence-electron chi connectivity index (χ4n) is 1.93. The Morgan fingerprint density at radius 1 is 1.53 bits per heavy atom. The quantitative estimate of drug-likeness (QED) is 0.856. The van der Waals surface area contributed by atoms with Crippen LogP contribution in [0.5, 0.6) is 0 Å². The highest BCUT2D eigenvalue weighted by Crippen LogP contribution is 2.19. The Hall–Kier alpha value is -1.62. The lowest BCUT2D eigenvalue weighted by molar-refractivity contribution is 0.516. The van der Waals surface area contributed by atoms with E-state index in [4.69, 9.17) is 10.2 Å². The van der Waals surface area contributed by atoms with E-state index in [1.165, 1.54) is 0 Å². The average molecular weight is 234 g/mol. The van der Waals surface area contributed by atoms with Crippen LogP contribution in [0, 0.1) is 6.92 Å². The van der Waals surface area contributed by atoms with E-state index >= 15 is 0 Å². The van der Waals surface area contributed by atoms with Gasteiger partial charge in [0.25, 0.3) is 0 Å². The summed E-state index contributed by atoms with van der Waals surface area (Å²) < 4.78 is 7.17. The summed E-state index contributed by atoms with van der Waals surface area (Å²) in [5.74, 6) is 1.80. The molecular weight excluding hydrogens is 216 g/mol. The monoisotopic (exact) mass is 234 g/mol. The first-order valence-corrected chi connectivity index (χ1v) is 5.88. The molecule has 0 saturated heterocycles. The van der Waals surface area contributed by atoms with Crippen molar-refractivity contribution in [1.82, 2.24) is 14.8 Å². The fraction of sp³-hybridized carbons (Fsp3) is 0.500. The Labute approximate surface area is 101 Å². The second-order valence-electron chi connectivity index (χ2n) is 4.14. The molecule has 0 bridgehead atoms. The number of hydrogen-bond donors (Lipinski definition) is 1. The lowest BCUT2D eigenvalue weighted by Gasteiger charge is -2.11. The summed E-state index contributed by atoms with van der Waals surface area (Å²) >= 11 is 0. The van der Waals surface area contributed by atoms with Crippen LogP contribution in [0.25, 0.3) is 0 Å². The van der Waals surface area contributed by atoms with Crippen LogP contribution in [0.2, 0.25) is 0 Å². The fourth-order valence-corrected chi connectivity index (χ4v) is 1.93. The number of aromatic nitrogens is 3. The van der Waals surface area contributed by atoms with E-state index in [0.29, 0.717) is 6.42 Å². The topological polar surface area (TPSA) is 69.9 Å². The molecule has 5 nitrogen and oxygen atoms in total. The second kappa shape index (κ2) is 5.14. The standard InChI is InChI=1S/C12H18N4O/c1-3-5-16-12(14-8-15-16)7-11(13)10-4-6-17-9(10)2/h4,6,8,11H,3,5,7,13H2,1-2H3. The summed E-state index contributed by atoms with van der Waals surface area (Å²) in [7, 11) is 0. The molecule has 0 aliphatic rings. The molecule has 0 amide bonds. The van der Waals surface area contributed by atoms with E-state index in [-0.39, 0.29) is 6.04 Å². The summed E-state index contributed by atoms with van der Waals surface area (Å²) in [6, 6.07) is 1.83. The Kier molecular flexibility index (Phi) is 3.58. The van der Waals surface area contributed by atoms with Crippen LogP contribution in [0.4, 0.5) is 0 Å². The van der Waals surface area contributed by atoms with Crippen LogP contribution in [-0.2, 0) is 13.0 Å². The molecule has 0 spiro atoms. The minimum Gasteiger partial charge on any atom is -0.469 e. The molecule has 1 atom stereocenters. The molecule has 2 aromatic heterocycles. The van der Waals surface area contributed by atoms with Gasteiger partial charge in [0.15, 0.2) is 0 Å². The van der Waals surface area contributed by atoms with Crippen LogP contribution >= 0.6 is 0 Å². The van der Waals surface area contributed by atoms with Gasteiger partial charge in [0.2, 0.25) is 0 Å². The zero-order valence-electron chi connectivity index (χ0n) is 10.3. The Morgan fingerprint density at radius 2 is 2.35 bits per heavy atom. The van der Waals surface area contributed by atoms with E-state index < -0.39 is 0 Å². The molecule has 92 valence electrons. The summed E-state index contributed by atoms with van der Waals surface area (Å²) in [6.45, 7) is 4.92. The number of furan rings is 1. The Morgan fingerprint density at radius 3 is 3.00 bits per heavy atom. The maximum Gasteiger partial charge on any atom is 0.138 e. The van der Waals surface area contributed by atoms with Gasteiger partial charge in [-0.15, -0.1) is 0 Å². The van der Waals surface area contributed by atoms with Gasteiger partial charge in [-0.1, -0.05) is 6.92 Å². The minimum absolute atomic E-state index is 0.0893. The van der Waals surface area contributed by atoms with Crippen molar-refractivity contribution in [2.75, 3.05) is 0 Å². The molecule has 2 aromatic rings. The third kappa shape index (κ3) is 2.55. The highest BCUT2D eigenvalue weighted by atomic mass is 16.3. The van der Waals surface area contributed by atoms with Crippen LogP contribution in [0.1, 0.15) is 36.5 Å². The van der Waals surface area contributed by atoms with Crippen LogP contribution in [-0.4, -0.2) is 14.8 Å². The zero-order chi connectivity index (χ0) is 12.3. The molecule has 0 fully saturated rings. The van der Waals surface area contributed by atoms with Crippen molar-refractivity contribution < 1.29 is 4.42 Å². The lowest BCUT2D eigenvalue weighted by atomic mass is 10.1. The Balaban J connectivity index is 2.10. The molecule has 2 N–H and O–H groups in total. The lowest BCUT2D eigenvalue weighted by Crippen LogP contribution is -2.17. The Bertz CT molecular complexity index is 474. The maximum atomic E-state index is 6.16. The first-order valence-electron chi connectivity index (χ1n) is 5.88. The number of nitrogens with zero attached hydrogens (tertiary/aromatic N) is 3. The molecule has 17 heavy (non-hydrogen) atoms. The van der Waals surface area contributed by atoms with Gasteiger partial charge in [0, 0.05) is 24.6 Å². The number of aryl methyl sites for hydroxylation is 2. The van der Waals surface area contributed by atoms with Crippen molar-refractivity contribution in [3.63, 3.8) is 0 Å². The molecule has 2 rings (SSSR count). The summed E-state index contributed by atoms with van der Waals surface area (Å²) in [4.78, 5) is 4.26. The van der Waals surface area contributed by atoms with E-state index in [1.807, 2.05) is 17.7 Å². The highest BCUT2D eigenvalue weighted by molar-refractivity contribution is 5.20. The molecular formula is C12H18N4O. The van der Waals surface area contributed by atoms with Gasteiger partial charge < -0.3 is 10.2 Å². The smallest absolute Gasteiger partial charge is 0.138 e. The molecule has 0 aliphatic heterocycles. The molecule has 0 radical (unpaired) electrons. The third-order valence-corrected chi connectivity index (χ3v) is 2.83. The van der Waals surface area contributed by atoms with Gasteiger partial charge in [-0.25, -0.2) is 4.98 Å². The van der Waals surface area contributed by atoms with Crippen LogP contribution < -0.4 is 5.73 Å². The second-order valence-corrected chi connectivity index (χ2v) is 4.14. The largest absolute Gasteiger partial charge is 0.469 e. The predicted molar refractivity (Wildman–Crippen MR) is 64.4 cm³/mol. The highest BCUT2D eigenvalue weighted by Gasteiger charge is 2.15. The van der Waals surface area contributed by atoms with E-state index in [0.717, 1.165) is 30.1 Å². The first-order chi connectivity index (χ1) is 8.22. The van der Waals surface area contributed by atoms with Crippen molar-refractivity contribution in [3.05, 3.63) is 35.8 Å². The van der Waals surface area contributed by atoms with Gasteiger partial charge in [0.1, 0.15) is 17.9 Å². The third-order valence-electron chi connectivity index (χ3n) is 2.83. The molecule has 0 aliphatic carbocycles. The van der Waals surface area contributed by atoms with Gasteiger partial charge in [0.05, 0.1) is 6.26 Å². The summed E-state index contributed by atoms with van der Waals surface area (Å²) in [5, 5.41) is 4.19. The van der Waals surface area contributed by atoms with Gasteiger partial charge in [-0.05, 0) is 19.4 Å². The van der Waals surface area contributed by atoms with Gasteiger partial charge in [-0.3, -0.25) is 4.68 Å². The van der Waals surface area contributed by atoms with E-state index in [2.05, 4.69) is 17.0 Å². The SMILES string of the molecule is CCCn1ncnc1CC(N)c1ccoc1C. The van der Waals surface area contributed by atoms with Gasteiger partial charge >= 0.3 is 0 Å². The summed E-state index contributed by atoms with van der Waals surface area (Å²) in [5.41, 5.74) is 7.19. The van der Waals surface area contributed by atoms with Crippen molar-refractivity contribution in [1.29, 1.82) is 0 Å². The van der Waals surface area contributed by atoms with Crippen molar-refractivity contribution in [2.24, 2.45) is 5.73 Å². The van der Waals surface area contributed by atoms with Crippen molar-refractivity contribution >= 4 is 0 Å². The number of hydrogen-bond acceptors (Lipinski definition) is 4. The average Bonchev–Trinajstić information content (AvgIpc) is 2.89. The summed E-state index contributed by atoms with van der Waals surface area (Å²) in [6.07, 6.45) is 4.97. The van der Waals surface area contributed by atoms with Crippen LogP contribution in [0.3, 0.4) is 0 Å². The first kappa shape index (κ1) is 11.9. The minimum atomic E-state index is -0.0893. The number of nitrogens with two attached hydrogens (primary N) is 1. The number of rotatable bonds is 5. The van der Waals surface area contributed by atoms with Gasteiger partial charge in [-0.2, -0.15) is 5.10 Å². The van der Waals surface area contributed by atoms with E-state index in [9.17, 15) is 0 Å². The maximum absolute atomic E-state index is 6.16. The van der Waals surface area contributed by atoms with Crippen molar-refractivity contribution in [3.8, 4) is 0 Å². The molecule has 0 aromatic carbocycles. The molecule has 2 heterocycles. The van der Waals surface area contributed by atoms with Crippen molar-refractivity contribution in [2.45, 2.75) is 39.3 Å². The van der Waals surface area contributed by atoms with Crippen LogP contribution in [0.15, 0.2) is 23.1 Å². The normalized spacial score (nSPS) is 12.9. The van der Waals surface area contributed by atoms with E-state index in [1.54, 1.807) is 12.6 Å². The molecule has 5 heteroatoms. The zero-order valence-corrected chi connectivity index (χ0v) is 10.3.